The molecule has 6 rings (SSSR count). The van der Waals surface area contributed by atoms with E-state index in [0.717, 1.165) is 17.7 Å². The third kappa shape index (κ3) is 4.47. The first-order valence-corrected chi connectivity index (χ1v) is 13.4. The molecule has 14 heteroatoms. The van der Waals surface area contributed by atoms with Crippen molar-refractivity contribution >= 4 is 23.6 Å². The lowest BCUT2D eigenvalue weighted by Crippen LogP contribution is -2.77. The molecule has 1 aliphatic carbocycles. The van der Waals surface area contributed by atoms with E-state index in [9.17, 15) is 36.7 Å². The number of aryl methyl sites for hydroxylation is 1. The molecule has 43 heavy (non-hydrogen) atoms. The fourth-order valence-corrected chi connectivity index (χ4v) is 6.22. The number of amides is 4. The van der Waals surface area contributed by atoms with Gasteiger partial charge in [-0.15, -0.1) is 0 Å². The molecule has 1 aromatic heterocycles. The van der Waals surface area contributed by atoms with Crippen LogP contribution in [0.4, 0.5) is 22.4 Å². The summed E-state index contributed by atoms with van der Waals surface area (Å²) < 4.78 is 58.6. The van der Waals surface area contributed by atoms with Gasteiger partial charge in [0.05, 0.1) is 6.20 Å². The lowest BCUT2D eigenvalue weighted by molar-refractivity contribution is -0.268. The van der Waals surface area contributed by atoms with Gasteiger partial charge in [0.1, 0.15) is 12.4 Å². The van der Waals surface area contributed by atoms with Crippen molar-refractivity contribution in [2.75, 3.05) is 26.7 Å². The molecule has 1 N–H and O–H groups in total. The number of likely N-dealkylation sites (N-methyl/N-ethyl adjacent to an activating group) is 1. The summed E-state index contributed by atoms with van der Waals surface area (Å²) in [7, 11) is 3.21. The minimum absolute atomic E-state index is 0.217. The van der Waals surface area contributed by atoms with Crippen molar-refractivity contribution in [2.45, 2.75) is 30.2 Å². The second-order valence-electron chi connectivity index (χ2n) is 11.3. The normalized spacial score (nSPS) is 21.3. The second kappa shape index (κ2) is 9.73. The first-order valence-electron chi connectivity index (χ1n) is 13.4. The Bertz CT molecular complexity index is 1660. The largest absolute Gasteiger partial charge is 0.414 e. The number of fused-ring (bicyclic) bond motifs is 2. The first-order chi connectivity index (χ1) is 20.2. The summed E-state index contributed by atoms with van der Waals surface area (Å²) in [5.74, 6) is -3.03. The maximum absolute atomic E-state index is 14.5. The molecule has 3 aliphatic rings. The Morgan fingerprint density at radius 3 is 2.35 bits per heavy atom. The fourth-order valence-electron chi connectivity index (χ4n) is 6.22. The number of Topliss-reactive ketones (excluding diaryl/α,β-unsaturated/α-hetero) is 1. The molecule has 224 valence electrons. The number of carbonyl (C=O) groups is 4. The average molecular weight is 599 g/mol. The average Bonchev–Trinajstić information content (AvgIpc) is 3.55. The molecule has 3 heterocycles. The fraction of sp³-hybridized carbons (Fsp3) is 0.345. The highest BCUT2D eigenvalue weighted by molar-refractivity contribution is 6.17. The van der Waals surface area contributed by atoms with Crippen LogP contribution in [-0.2, 0) is 28.7 Å². The quantitative estimate of drug-likeness (QED) is 0.346. The Morgan fingerprint density at radius 2 is 1.74 bits per heavy atom. The minimum atomic E-state index is -4.84. The molecule has 4 amide bonds. The zero-order valence-electron chi connectivity index (χ0n) is 23.1. The van der Waals surface area contributed by atoms with Gasteiger partial charge >= 0.3 is 12.2 Å². The number of likely N-dealkylation sites (tertiary alicyclic amines) is 1. The van der Waals surface area contributed by atoms with Gasteiger partial charge in [0.25, 0.3) is 5.91 Å². The van der Waals surface area contributed by atoms with E-state index in [1.165, 1.54) is 24.1 Å². The Morgan fingerprint density at radius 1 is 1.05 bits per heavy atom. The van der Waals surface area contributed by atoms with Crippen molar-refractivity contribution in [1.82, 2.24) is 29.8 Å². The van der Waals surface area contributed by atoms with Gasteiger partial charge in [-0.3, -0.25) is 24.0 Å². The summed E-state index contributed by atoms with van der Waals surface area (Å²) in [6.45, 7) is -2.55. The zero-order chi connectivity index (χ0) is 30.9. The van der Waals surface area contributed by atoms with Gasteiger partial charge in [-0.2, -0.15) is 18.3 Å². The number of halogens is 4. The van der Waals surface area contributed by atoms with Gasteiger partial charge in [-0.25, -0.2) is 9.18 Å². The van der Waals surface area contributed by atoms with Gasteiger partial charge in [0.2, 0.25) is 5.91 Å². The molecular weight excluding hydrogens is 572 g/mol. The zero-order valence-corrected chi connectivity index (χ0v) is 23.1. The Balaban J connectivity index is 1.30. The number of alkyl halides is 3. The van der Waals surface area contributed by atoms with Crippen LogP contribution in [0.3, 0.4) is 0 Å². The molecule has 2 saturated heterocycles. The predicted molar refractivity (Wildman–Crippen MR) is 143 cm³/mol. The first kappa shape index (κ1) is 28.5. The van der Waals surface area contributed by atoms with E-state index in [1.54, 1.807) is 42.3 Å². The number of carbonyl (C=O) groups excluding carboxylic acids is 4. The molecular formula is C29H26F4N6O4. The third-order valence-electron chi connectivity index (χ3n) is 8.38. The second-order valence-corrected chi connectivity index (χ2v) is 11.3. The molecule has 0 radical (unpaired) electrons. The third-order valence-corrected chi connectivity index (χ3v) is 8.38. The SMILES string of the molecule is CN1CC(N(Cc2ccc(F)cc2)C(=O)CN2C(=O)N[C@]3(CC(=O)c4cc(-c5cnn(C)c5)ccc43)C2=O)(C(F)(F)F)C1. The van der Waals surface area contributed by atoms with Crippen molar-refractivity contribution < 1.29 is 36.7 Å². The van der Waals surface area contributed by atoms with E-state index < -0.39 is 79.3 Å². The van der Waals surface area contributed by atoms with Crippen molar-refractivity contribution in [3.05, 3.63) is 77.4 Å². The molecule has 0 saturated carbocycles. The van der Waals surface area contributed by atoms with E-state index in [4.69, 9.17) is 0 Å². The minimum Gasteiger partial charge on any atom is -0.320 e. The van der Waals surface area contributed by atoms with Crippen molar-refractivity contribution in [3.8, 4) is 11.1 Å². The maximum atomic E-state index is 14.5. The van der Waals surface area contributed by atoms with Crippen LogP contribution in [-0.4, -0.2) is 86.5 Å². The highest BCUT2D eigenvalue weighted by Crippen LogP contribution is 2.45. The van der Waals surface area contributed by atoms with Crippen LogP contribution in [0.2, 0.25) is 0 Å². The van der Waals surface area contributed by atoms with Crippen LogP contribution in [0, 0.1) is 5.82 Å². The van der Waals surface area contributed by atoms with Crippen molar-refractivity contribution in [3.63, 3.8) is 0 Å². The number of hydrogen-bond donors (Lipinski definition) is 1. The van der Waals surface area contributed by atoms with Crippen LogP contribution >= 0.6 is 0 Å². The number of nitrogens with zero attached hydrogens (tertiary/aromatic N) is 5. The molecule has 0 unspecified atom stereocenters. The summed E-state index contributed by atoms with van der Waals surface area (Å²) in [4.78, 5) is 56.2. The van der Waals surface area contributed by atoms with Crippen LogP contribution in [0.25, 0.3) is 11.1 Å². The molecule has 2 aliphatic heterocycles. The topological polar surface area (TPSA) is 108 Å². The molecule has 10 nitrogen and oxygen atoms in total. The Hall–Kier alpha value is -4.59. The Kier molecular flexibility index (Phi) is 6.45. The summed E-state index contributed by atoms with van der Waals surface area (Å²) in [6.07, 6.45) is -1.88. The van der Waals surface area contributed by atoms with Crippen LogP contribution in [0.5, 0.6) is 0 Å². The number of imide groups is 1. The summed E-state index contributed by atoms with van der Waals surface area (Å²) in [5.41, 5.74) is -2.26. The highest BCUT2D eigenvalue weighted by atomic mass is 19.4. The van der Waals surface area contributed by atoms with E-state index in [2.05, 4.69) is 10.4 Å². The summed E-state index contributed by atoms with van der Waals surface area (Å²) in [6, 6.07) is 8.51. The van der Waals surface area contributed by atoms with Gasteiger partial charge in [-0.05, 0) is 41.9 Å². The Labute approximate surface area is 242 Å². The predicted octanol–water partition coefficient (Wildman–Crippen LogP) is 2.83. The van der Waals surface area contributed by atoms with Gasteiger partial charge in [0.15, 0.2) is 16.9 Å². The smallest absolute Gasteiger partial charge is 0.320 e. The van der Waals surface area contributed by atoms with E-state index in [0.29, 0.717) is 15.4 Å². The lowest BCUT2D eigenvalue weighted by Gasteiger charge is -2.55. The lowest BCUT2D eigenvalue weighted by atomic mass is 9.86. The maximum Gasteiger partial charge on any atom is 0.414 e. The van der Waals surface area contributed by atoms with Crippen molar-refractivity contribution in [1.29, 1.82) is 0 Å². The highest BCUT2D eigenvalue weighted by Gasteiger charge is 2.66. The van der Waals surface area contributed by atoms with Crippen LogP contribution in [0.1, 0.15) is 27.9 Å². The van der Waals surface area contributed by atoms with Crippen molar-refractivity contribution in [2.24, 2.45) is 7.05 Å². The van der Waals surface area contributed by atoms with E-state index in [1.807, 2.05) is 0 Å². The number of ketones is 1. The summed E-state index contributed by atoms with van der Waals surface area (Å²) >= 11 is 0. The molecule has 2 fully saturated rings. The monoisotopic (exact) mass is 598 g/mol. The number of rotatable bonds is 6. The molecule has 3 aromatic rings. The van der Waals surface area contributed by atoms with Gasteiger partial charge in [0, 0.05) is 50.4 Å². The molecule has 1 spiro atoms. The molecule has 0 bridgehead atoms. The number of nitrogens with one attached hydrogen (secondary N) is 1. The summed E-state index contributed by atoms with van der Waals surface area (Å²) in [5, 5.41) is 6.66. The van der Waals surface area contributed by atoms with E-state index >= 15 is 0 Å². The van der Waals surface area contributed by atoms with Gasteiger partial charge in [-0.1, -0.05) is 24.3 Å². The molecule has 2 aromatic carbocycles. The number of aromatic nitrogens is 2. The van der Waals surface area contributed by atoms with E-state index in [-0.39, 0.29) is 16.7 Å². The standard InChI is InChI=1S/C29H26F4N6O4/c1-36-15-27(16-36,29(31,32)33)39(12-17-3-6-20(30)7-4-17)24(41)14-38-25(42)28(35-26(38)43)10-23(40)21-9-18(5-8-22(21)28)19-11-34-37(2)13-19/h3-9,11,13H,10,12,14-16H2,1-2H3,(H,35,43)/t28-/m0/s1. The number of hydrogen-bond acceptors (Lipinski definition) is 6. The molecule has 1 atom stereocenters. The van der Waals surface area contributed by atoms with Crippen LogP contribution < -0.4 is 5.32 Å². The number of benzene rings is 2. The van der Waals surface area contributed by atoms with Gasteiger partial charge < -0.3 is 15.1 Å². The number of urea groups is 1. The van der Waals surface area contributed by atoms with Crippen LogP contribution in [0.15, 0.2) is 54.9 Å².